The van der Waals surface area contributed by atoms with Gasteiger partial charge in [0.25, 0.3) is 5.56 Å². The number of hydrogen-bond acceptors (Lipinski definition) is 6. The molecule has 0 fully saturated rings. The number of carbonyl (C=O) groups excluding carboxylic acids is 1. The van der Waals surface area contributed by atoms with Gasteiger partial charge in [-0.2, -0.15) is 0 Å². The van der Waals surface area contributed by atoms with Gasteiger partial charge in [0, 0.05) is 18.1 Å². The van der Waals surface area contributed by atoms with Crippen LogP contribution in [0.3, 0.4) is 0 Å². The van der Waals surface area contributed by atoms with Gasteiger partial charge in [-0.05, 0) is 42.8 Å². The number of fused-ring (bicyclic) bond motifs is 1. The second-order valence-electron chi connectivity index (χ2n) is 7.44. The van der Waals surface area contributed by atoms with Crippen LogP contribution < -0.4 is 10.3 Å². The molecular formula is C24H22ClN3O4S. The lowest BCUT2D eigenvalue weighted by atomic mass is 10.2. The third kappa shape index (κ3) is 4.77. The lowest BCUT2D eigenvalue weighted by Crippen LogP contribution is -2.28. The van der Waals surface area contributed by atoms with Crippen LogP contribution in [0.5, 0.6) is 5.75 Å². The number of nitrogens with zero attached hydrogens (tertiary/aromatic N) is 3. The Morgan fingerprint density at radius 1 is 1.24 bits per heavy atom. The van der Waals surface area contributed by atoms with Gasteiger partial charge >= 0.3 is 0 Å². The maximum absolute atomic E-state index is 13.5. The molecule has 0 spiro atoms. The summed E-state index contributed by atoms with van der Waals surface area (Å²) in [4.78, 5) is 32.6. The van der Waals surface area contributed by atoms with Gasteiger partial charge in [-0.25, -0.2) is 4.98 Å². The zero-order chi connectivity index (χ0) is 23.5. The number of amides is 1. The number of furan rings is 1. The number of methoxy groups -OCH3 is 1. The molecule has 0 unspecified atom stereocenters. The van der Waals surface area contributed by atoms with E-state index in [4.69, 9.17) is 25.7 Å². The fraction of sp³-hybridized carbons (Fsp3) is 0.208. The van der Waals surface area contributed by atoms with Crippen LogP contribution in [0.25, 0.3) is 16.6 Å². The van der Waals surface area contributed by atoms with Crippen LogP contribution in [-0.2, 0) is 11.3 Å². The van der Waals surface area contributed by atoms with Crippen molar-refractivity contribution in [2.75, 3.05) is 19.9 Å². The molecule has 0 N–H and O–H groups in total. The molecule has 2 aromatic carbocycles. The van der Waals surface area contributed by atoms with E-state index in [9.17, 15) is 9.59 Å². The van der Waals surface area contributed by atoms with Crippen molar-refractivity contribution in [3.63, 3.8) is 0 Å². The van der Waals surface area contributed by atoms with Crippen LogP contribution in [0.15, 0.2) is 69.2 Å². The fourth-order valence-corrected chi connectivity index (χ4v) is 4.47. The quantitative estimate of drug-likeness (QED) is 0.280. The molecule has 0 saturated heterocycles. The van der Waals surface area contributed by atoms with Gasteiger partial charge in [0.1, 0.15) is 11.5 Å². The highest BCUT2D eigenvalue weighted by Gasteiger charge is 2.20. The van der Waals surface area contributed by atoms with Crippen LogP contribution in [0.1, 0.15) is 11.3 Å². The van der Waals surface area contributed by atoms with Crippen LogP contribution >= 0.6 is 23.4 Å². The molecule has 0 aliphatic carbocycles. The Hall–Kier alpha value is -3.23. The Bertz CT molecular complexity index is 1370. The lowest BCUT2D eigenvalue weighted by Gasteiger charge is -2.18. The molecular weight excluding hydrogens is 462 g/mol. The molecule has 33 heavy (non-hydrogen) atoms. The van der Waals surface area contributed by atoms with Gasteiger partial charge < -0.3 is 14.1 Å². The Morgan fingerprint density at radius 3 is 2.76 bits per heavy atom. The van der Waals surface area contributed by atoms with Gasteiger partial charge in [-0.15, -0.1) is 0 Å². The van der Waals surface area contributed by atoms with Crippen molar-refractivity contribution in [2.45, 2.75) is 18.6 Å². The first-order chi connectivity index (χ1) is 15.9. The van der Waals surface area contributed by atoms with Crippen molar-refractivity contribution in [3.05, 3.63) is 81.5 Å². The number of ether oxygens (including phenoxy) is 1. The summed E-state index contributed by atoms with van der Waals surface area (Å²) in [6.45, 7) is 2.21. The maximum Gasteiger partial charge on any atom is 0.266 e. The summed E-state index contributed by atoms with van der Waals surface area (Å²) in [6, 6.07) is 14.2. The summed E-state index contributed by atoms with van der Waals surface area (Å²) in [5.74, 6) is 1.10. The summed E-state index contributed by atoms with van der Waals surface area (Å²) < 4.78 is 12.3. The Balaban J connectivity index is 1.74. The van der Waals surface area contributed by atoms with Crippen LogP contribution in [0.2, 0.25) is 5.02 Å². The first-order valence-corrected chi connectivity index (χ1v) is 11.5. The molecule has 2 heterocycles. The maximum atomic E-state index is 13.5. The summed E-state index contributed by atoms with van der Waals surface area (Å²) >= 11 is 7.47. The zero-order valence-electron chi connectivity index (χ0n) is 18.4. The number of para-hydroxylation sites is 1. The topological polar surface area (TPSA) is 77.6 Å². The van der Waals surface area contributed by atoms with Gasteiger partial charge in [0.15, 0.2) is 5.16 Å². The molecule has 1 amide bonds. The van der Waals surface area contributed by atoms with E-state index < -0.39 is 0 Å². The van der Waals surface area contributed by atoms with Crippen molar-refractivity contribution < 1.29 is 13.9 Å². The number of hydrogen-bond donors (Lipinski definition) is 0. The molecule has 0 saturated carbocycles. The number of carbonyl (C=O) groups is 1. The molecule has 2 aromatic heterocycles. The number of aryl methyl sites for hydroxylation is 1. The summed E-state index contributed by atoms with van der Waals surface area (Å²) in [5.41, 5.74) is 1.61. The van der Waals surface area contributed by atoms with Crippen molar-refractivity contribution in [2.24, 2.45) is 0 Å². The minimum atomic E-state index is -0.250. The Kier molecular flexibility index (Phi) is 6.76. The Morgan fingerprint density at radius 2 is 2.03 bits per heavy atom. The van der Waals surface area contributed by atoms with E-state index in [-0.39, 0.29) is 17.2 Å². The second kappa shape index (κ2) is 9.72. The monoisotopic (exact) mass is 483 g/mol. The Labute approximate surface area is 199 Å². The molecule has 9 heteroatoms. The highest BCUT2D eigenvalue weighted by Crippen LogP contribution is 2.32. The molecule has 0 aliphatic rings. The number of benzene rings is 2. The number of aromatic nitrogens is 2. The molecule has 4 aromatic rings. The zero-order valence-corrected chi connectivity index (χ0v) is 19.9. The van der Waals surface area contributed by atoms with Crippen molar-refractivity contribution in [3.8, 4) is 11.4 Å². The number of rotatable bonds is 7. The van der Waals surface area contributed by atoms with Crippen molar-refractivity contribution >= 4 is 40.2 Å². The minimum Gasteiger partial charge on any atom is -0.495 e. The average molecular weight is 484 g/mol. The predicted molar refractivity (Wildman–Crippen MR) is 130 cm³/mol. The number of halogens is 1. The second-order valence-corrected chi connectivity index (χ2v) is 8.79. The third-order valence-electron chi connectivity index (χ3n) is 5.17. The van der Waals surface area contributed by atoms with E-state index in [1.807, 2.05) is 19.1 Å². The van der Waals surface area contributed by atoms with Crippen LogP contribution in [0, 0.1) is 6.92 Å². The normalized spacial score (nSPS) is 11.0. The SMILES string of the molecule is COc1cc(Cl)c(C)cc1-n1c(SCC(=O)N(C)Cc2ccco2)nc2ccccc2c1=O. The van der Waals surface area contributed by atoms with E-state index >= 15 is 0 Å². The third-order valence-corrected chi connectivity index (χ3v) is 6.50. The van der Waals surface area contributed by atoms with E-state index in [1.54, 1.807) is 54.6 Å². The van der Waals surface area contributed by atoms with Gasteiger partial charge in [0.2, 0.25) is 5.91 Å². The summed E-state index contributed by atoms with van der Waals surface area (Å²) in [6.07, 6.45) is 1.57. The first-order valence-electron chi connectivity index (χ1n) is 10.1. The molecule has 0 radical (unpaired) electrons. The molecule has 170 valence electrons. The van der Waals surface area contributed by atoms with Crippen molar-refractivity contribution in [1.82, 2.24) is 14.5 Å². The fourth-order valence-electron chi connectivity index (χ4n) is 3.37. The standard InChI is InChI=1S/C24H22ClN3O4S/c1-15-11-20(21(31-3)12-18(15)25)28-23(30)17-8-4-5-9-19(17)26-24(28)33-14-22(29)27(2)13-16-7-6-10-32-16/h4-12H,13-14H2,1-3H3. The summed E-state index contributed by atoms with van der Waals surface area (Å²) in [7, 11) is 3.22. The lowest BCUT2D eigenvalue weighted by molar-refractivity contribution is -0.127. The highest BCUT2D eigenvalue weighted by atomic mass is 35.5. The van der Waals surface area contributed by atoms with E-state index in [0.717, 1.165) is 5.56 Å². The van der Waals surface area contributed by atoms with E-state index in [2.05, 4.69) is 0 Å². The number of thioether (sulfide) groups is 1. The van der Waals surface area contributed by atoms with Gasteiger partial charge in [-0.3, -0.25) is 14.2 Å². The van der Waals surface area contributed by atoms with E-state index in [0.29, 0.717) is 44.8 Å². The smallest absolute Gasteiger partial charge is 0.266 e. The molecule has 4 rings (SSSR count). The highest BCUT2D eigenvalue weighted by molar-refractivity contribution is 7.99. The first kappa shape index (κ1) is 22.9. The average Bonchev–Trinajstić information content (AvgIpc) is 3.32. The molecule has 0 aliphatic heterocycles. The minimum absolute atomic E-state index is 0.0941. The predicted octanol–water partition coefficient (Wildman–Crippen LogP) is 4.70. The largest absolute Gasteiger partial charge is 0.495 e. The molecule has 0 atom stereocenters. The van der Waals surface area contributed by atoms with Crippen LogP contribution in [-0.4, -0.2) is 40.3 Å². The van der Waals surface area contributed by atoms with Crippen molar-refractivity contribution in [1.29, 1.82) is 0 Å². The van der Waals surface area contributed by atoms with Gasteiger partial charge in [-0.1, -0.05) is 35.5 Å². The molecule has 0 bridgehead atoms. The van der Waals surface area contributed by atoms with Crippen LogP contribution in [0.4, 0.5) is 0 Å². The summed E-state index contributed by atoms with van der Waals surface area (Å²) in [5, 5.41) is 1.39. The van der Waals surface area contributed by atoms with Gasteiger partial charge in [0.05, 0.1) is 42.3 Å². The molecule has 7 nitrogen and oxygen atoms in total. The van der Waals surface area contributed by atoms with E-state index in [1.165, 1.54) is 23.4 Å².